The van der Waals surface area contributed by atoms with Gasteiger partial charge in [0.2, 0.25) is 0 Å². The Balaban J connectivity index is 1.78. The highest BCUT2D eigenvalue weighted by Gasteiger charge is 2.37. The summed E-state index contributed by atoms with van der Waals surface area (Å²) in [4.78, 5) is 2.03. The summed E-state index contributed by atoms with van der Waals surface area (Å²) < 4.78 is 26.8. The van der Waals surface area contributed by atoms with E-state index in [1.807, 2.05) is 4.90 Å². The van der Waals surface area contributed by atoms with Crippen molar-refractivity contribution in [2.45, 2.75) is 38.5 Å². The summed E-state index contributed by atoms with van der Waals surface area (Å²) >= 11 is 0. The van der Waals surface area contributed by atoms with Gasteiger partial charge in [0.15, 0.2) is 5.82 Å². The molecule has 19 heavy (non-hydrogen) atoms. The van der Waals surface area contributed by atoms with Crippen LogP contribution in [-0.2, 0) is 0 Å². The molecule has 1 aliphatic heterocycles. The third kappa shape index (κ3) is 2.28. The third-order valence-electron chi connectivity index (χ3n) is 4.90. The molecule has 2 fully saturated rings. The lowest BCUT2D eigenvalue weighted by Gasteiger charge is -2.40. The van der Waals surface area contributed by atoms with Crippen molar-refractivity contribution >= 4 is 11.4 Å². The zero-order valence-electron chi connectivity index (χ0n) is 11.1. The second-order valence-corrected chi connectivity index (χ2v) is 6.01. The molecule has 1 aromatic rings. The second-order valence-electron chi connectivity index (χ2n) is 6.01. The Morgan fingerprint density at radius 1 is 1.00 bits per heavy atom. The fourth-order valence-electron chi connectivity index (χ4n) is 3.68. The molecule has 1 aliphatic carbocycles. The van der Waals surface area contributed by atoms with E-state index in [1.54, 1.807) is 0 Å². The molecule has 2 N–H and O–H groups in total. The molecular formula is C15H20F2N2. The summed E-state index contributed by atoms with van der Waals surface area (Å²) in [6.07, 6.45) is 7.52. The maximum absolute atomic E-state index is 13.5. The van der Waals surface area contributed by atoms with Crippen molar-refractivity contribution in [1.29, 1.82) is 0 Å². The van der Waals surface area contributed by atoms with Crippen LogP contribution >= 0.6 is 0 Å². The van der Waals surface area contributed by atoms with Crippen LogP contribution in [0.3, 0.4) is 0 Å². The largest absolute Gasteiger partial charge is 0.395 e. The van der Waals surface area contributed by atoms with Gasteiger partial charge in [0, 0.05) is 19.2 Å². The van der Waals surface area contributed by atoms with Crippen LogP contribution in [0.1, 0.15) is 38.5 Å². The van der Waals surface area contributed by atoms with E-state index in [0.717, 1.165) is 32.0 Å². The Labute approximate surface area is 112 Å². The van der Waals surface area contributed by atoms with Gasteiger partial charge < -0.3 is 10.6 Å². The van der Waals surface area contributed by atoms with E-state index in [-0.39, 0.29) is 5.69 Å². The van der Waals surface area contributed by atoms with Gasteiger partial charge >= 0.3 is 0 Å². The number of nitrogens with zero attached hydrogens (tertiary/aromatic N) is 1. The maximum Gasteiger partial charge on any atom is 0.151 e. The SMILES string of the molecule is Nc1c(F)cc(F)cc1N1CCC2(CCCC2)CC1. The van der Waals surface area contributed by atoms with E-state index < -0.39 is 11.6 Å². The van der Waals surface area contributed by atoms with Gasteiger partial charge in [-0.1, -0.05) is 12.8 Å². The average Bonchev–Trinajstić information content (AvgIpc) is 2.83. The van der Waals surface area contributed by atoms with Crippen LogP contribution in [0.15, 0.2) is 12.1 Å². The molecule has 4 heteroatoms. The lowest BCUT2D eigenvalue weighted by atomic mass is 9.77. The van der Waals surface area contributed by atoms with E-state index in [9.17, 15) is 8.78 Å². The Morgan fingerprint density at radius 2 is 1.63 bits per heavy atom. The topological polar surface area (TPSA) is 29.3 Å². The first-order valence-corrected chi connectivity index (χ1v) is 7.09. The van der Waals surface area contributed by atoms with Crippen molar-refractivity contribution in [2.24, 2.45) is 5.41 Å². The predicted molar refractivity (Wildman–Crippen MR) is 73.1 cm³/mol. The van der Waals surface area contributed by atoms with Gasteiger partial charge in [-0.25, -0.2) is 8.78 Å². The van der Waals surface area contributed by atoms with Crippen molar-refractivity contribution in [3.8, 4) is 0 Å². The minimum Gasteiger partial charge on any atom is -0.395 e. The molecule has 1 spiro atoms. The van der Waals surface area contributed by atoms with Gasteiger partial charge in [-0.3, -0.25) is 0 Å². The Kier molecular flexibility index (Phi) is 3.11. The normalized spacial score (nSPS) is 22.1. The van der Waals surface area contributed by atoms with Crippen LogP contribution in [0, 0.1) is 17.0 Å². The highest BCUT2D eigenvalue weighted by molar-refractivity contribution is 5.68. The predicted octanol–water partition coefficient (Wildman–Crippen LogP) is 3.71. The molecule has 0 unspecified atom stereocenters. The fourth-order valence-corrected chi connectivity index (χ4v) is 3.68. The summed E-state index contributed by atoms with van der Waals surface area (Å²) in [5, 5.41) is 0. The van der Waals surface area contributed by atoms with Gasteiger partial charge in [-0.2, -0.15) is 0 Å². The van der Waals surface area contributed by atoms with Crippen molar-refractivity contribution in [1.82, 2.24) is 0 Å². The minimum absolute atomic E-state index is 0.0729. The van der Waals surface area contributed by atoms with Crippen molar-refractivity contribution in [3.63, 3.8) is 0 Å². The van der Waals surface area contributed by atoms with Crippen LogP contribution in [0.2, 0.25) is 0 Å². The van der Waals surface area contributed by atoms with Crippen molar-refractivity contribution in [2.75, 3.05) is 23.7 Å². The van der Waals surface area contributed by atoms with Gasteiger partial charge in [-0.15, -0.1) is 0 Å². The molecule has 1 heterocycles. The quantitative estimate of drug-likeness (QED) is 0.785. The summed E-state index contributed by atoms with van der Waals surface area (Å²) in [5.41, 5.74) is 6.83. The lowest BCUT2D eigenvalue weighted by Crippen LogP contribution is -2.39. The van der Waals surface area contributed by atoms with E-state index in [4.69, 9.17) is 5.73 Å². The van der Waals surface area contributed by atoms with Crippen LogP contribution in [0.25, 0.3) is 0 Å². The van der Waals surface area contributed by atoms with Crippen molar-refractivity contribution in [3.05, 3.63) is 23.8 Å². The molecule has 0 amide bonds. The van der Waals surface area contributed by atoms with Gasteiger partial charge in [0.05, 0.1) is 11.4 Å². The Morgan fingerprint density at radius 3 is 2.26 bits per heavy atom. The monoisotopic (exact) mass is 266 g/mol. The number of nitrogen functional groups attached to an aromatic ring is 1. The maximum atomic E-state index is 13.5. The molecule has 1 aromatic carbocycles. The molecule has 2 aliphatic rings. The fraction of sp³-hybridized carbons (Fsp3) is 0.600. The number of nitrogens with two attached hydrogens (primary N) is 1. The molecule has 1 saturated heterocycles. The number of hydrogen-bond donors (Lipinski definition) is 1. The van der Waals surface area contributed by atoms with Gasteiger partial charge in [-0.05, 0) is 37.2 Å². The molecular weight excluding hydrogens is 246 g/mol. The smallest absolute Gasteiger partial charge is 0.151 e. The summed E-state index contributed by atoms with van der Waals surface area (Å²) in [5.74, 6) is -1.21. The first kappa shape index (κ1) is 12.7. The molecule has 104 valence electrons. The second kappa shape index (κ2) is 4.66. The van der Waals surface area contributed by atoms with Gasteiger partial charge in [0.25, 0.3) is 0 Å². The lowest BCUT2D eigenvalue weighted by molar-refractivity contribution is 0.226. The number of halogens is 2. The first-order valence-electron chi connectivity index (χ1n) is 7.09. The molecule has 0 aromatic heterocycles. The van der Waals surface area contributed by atoms with Crippen LogP contribution < -0.4 is 10.6 Å². The first-order chi connectivity index (χ1) is 9.10. The molecule has 0 atom stereocenters. The minimum atomic E-state index is -0.656. The number of rotatable bonds is 1. The van der Waals surface area contributed by atoms with Crippen molar-refractivity contribution < 1.29 is 8.78 Å². The van der Waals surface area contributed by atoms with E-state index in [1.165, 1.54) is 31.7 Å². The number of benzene rings is 1. The summed E-state index contributed by atoms with van der Waals surface area (Å²) in [6, 6.07) is 2.20. The van der Waals surface area contributed by atoms with Crippen LogP contribution in [0.4, 0.5) is 20.2 Å². The third-order valence-corrected chi connectivity index (χ3v) is 4.90. The number of anilines is 2. The highest BCUT2D eigenvalue weighted by atomic mass is 19.1. The van der Waals surface area contributed by atoms with Gasteiger partial charge in [0.1, 0.15) is 5.82 Å². The molecule has 0 bridgehead atoms. The van der Waals surface area contributed by atoms with E-state index >= 15 is 0 Å². The standard InChI is InChI=1S/C15H20F2N2/c16-11-9-12(17)14(18)13(10-11)19-7-5-15(6-8-19)3-1-2-4-15/h9-10H,1-8,18H2. The molecule has 1 saturated carbocycles. The summed E-state index contributed by atoms with van der Waals surface area (Å²) in [6.45, 7) is 1.71. The molecule has 0 radical (unpaired) electrons. The van der Waals surface area contributed by atoms with Crippen LogP contribution in [0.5, 0.6) is 0 Å². The van der Waals surface area contributed by atoms with Crippen LogP contribution in [-0.4, -0.2) is 13.1 Å². The zero-order chi connectivity index (χ0) is 13.5. The van der Waals surface area contributed by atoms with E-state index in [0.29, 0.717) is 11.1 Å². The Hall–Kier alpha value is -1.32. The summed E-state index contributed by atoms with van der Waals surface area (Å²) in [7, 11) is 0. The number of hydrogen-bond acceptors (Lipinski definition) is 2. The molecule has 3 rings (SSSR count). The molecule has 2 nitrogen and oxygen atoms in total. The number of piperidine rings is 1. The average molecular weight is 266 g/mol. The highest BCUT2D eigenvalue weighted by Crippen LogP contribution is 2.47. The van der Waals surface area contributed by atoms with E-state index in [2.05, 4.69) is 0 Å². The Bertz CT molecular complexity index is 471. The zero-order valence-corrected chi connectivity index (χ0v) is 11.1.